The smallest absolute Gasteiger partial charge is 0.346 e. The summed E-state index contributed by atoms with van der Waals surface area (Å²) in [5.41, 5.74) is 9.31. The van der Waals surface area contributed by atoms with Gasteiger partial charge < -0.3 is 21.4 Å². The van der Waals surface area contributed by atoms with Crippen LogP contribution in [-0.4, -0.2) is 39.9 Å². The number of aromatic nitrogens is 8. The molecule has 4 heterocycles. The predicted molar refractivity (Wildman–Crippen MR) is 123 cm³/mol. The molecular weight excluding hydrogens is 452 g/mol. The van der Waals surface area contributed by atoms with E-state index in [9.17, 15) is 28.8 Å². The number of rotatable bonds is 0. The van der Waals surface area contributed by atoms with Crippen molar-refractivity contribution in [3.8, 4) is 0 Å². The number of anilines is 2. The van der Waals surface area contributed by atoms with Gasteiger partial charge in [0.25, 0.3) is 11.1 Å². The molecule has 10 N–H and O–H groups in total. The highest BCUT2D eigenvalue weighted by Crippen LogP contribution is 1.97. The van der Waals surface area contributed by atoms with E-state index in [4.69, 9.17) is 11.5 Å². The molecule has 4 rings (SSSR count). The van der Waals surface area contributed by atoms with E-state index in [2.05, 4.69) is 34.9 Å². The fraction of sp³-hybridized carbons (Fsp3) is 0.111. The summed E-state index contributed by atoms with van der Waals surface area (Å²) < 4.78 is 0. The molecule has 16 nitrogen and oxygen atoms in total. The molecule has 0 aliphatic carbocycles. The molecule has 0 saturated carbocycles. The van der Waals surface area contributed by atoms with Crippen molar-refractivity contribution in [2.24, 2.45) is 0 Å². The Morgan fingerprint density at radius 2 is 1.38 bits per heavy atom. The lowest BCUT2D eigenvalue weighted by molar-refractivity contribution is 1.01. The number of hydrogen-bond acceptors (Lipinski definition) is 10. The van der Waals surface area contributed by atoms with Crippen molar-refractivity contribution < 1.29 is 0 Å². The van der Waals surface area contributed by atoms with E-state index in [0.29, 0.717) is 17.2 Å². The quantitative estimate of drug-likeness (QED) is 0.132. The number of nitrogen functional groups attached to an aromatic ring is 2. The monoisotopic (exact) mass is 474 g/mol. The molecule has 0 aromatic carbocycles. The lowest BCUT2D eigenvalue weighted by Gasteiger charge is -1.93. The number of H-pyrrole nitrogens is 6. The molecule has 0 atom stereocenters. The Bertz CT molecular complexity index is 1520. The van der Waals surface area contributed by atoms with Crippen molar-refractivity contribution in [1.29, 1.82) is 0 Å². The predicted octanol–water partition coefficient (Wildman–Crippen LogP) is -2.55. The molecule has 0 unspecified atom stereocenters. The van der Waals surface area contributed by atoms with E-state index in [0.717, 1.165) is 5.56 Å². The first-order valence-corrected chi connectivity index (χ1v) is 9.16. The second-order valence-corrected chi connectivity index (χ2v) is 6.17. The van der Waals surface area contributed by atoms with Gasteiger partial charge in [-0.15, -0.1) is 0 Å². The fourth-order valence-electron chi connectivity index (χ4n) is 1.71. The first-order chi connectivity index (χ1) is 16.0. The standard InChI is InChI=1S/C5H7N3O.C5H6N2O2.C4H5N3O.C4H4N2O2/c1-3-2-7-5(9)8-4(3)6;1-3-2-6-5(9)7-4(3)8;5-3-1-2-6-4(8)7-3;7-3-1-2-5-4(8)6-3/h2H,1H3,(H3,6,7,8,9);2H,1H3,(H2,6,7,8,9);1-2H,(H3,5,6,7,8);1-2H,(H2,5,6,7,8). The van der Waals surface area contributed by atoms with Gasteiger partial charge in [-0.2, -0.15) is 0 Å². The minimum Gasteiger partial charge on any atom is -0.385 e. The van der Waals surface area contributed by atoms with E-state index in [1.807, 2.05) is 4.98 Å². The first kappa shape index (κ1) is 26.8. The number of aryl methyl sites for hydroxylation is 2. The Labute approximate surface area is 188 Å². The van der Waals surface area contributed by atoms with Crippen molar-refractivity contribution in [3.05, 3.63) is 111 Å². The zero-order valence-electron chi connectivity index (χ0n) is 18.0. The maximum Gasteiger partial charge on any atom is 0.346 e. The lowest BCUT2D eigenvalue weighted by Crippen LogP contribution is -2.22. The molecule has 0 amide bonds. The summed E-state index contributed by atoms with van der Waals surface area (Å²) in [7, 11) is 0. The van der Waals surface area contributed by atoms with E-state index in [1.165, 1.54) is 36.9 Å². The van der Waals surface area contributed by atoms with E-state index < -0.39 is 22.8 Å². The van der Waals surface area contributed by atoms with Gasteiger partial charge in [-0.1, -0.05) is 0 Å². The van der Waals surface area contributed by atoms with Crippen molar-refractivity contribution in [1.82, 2.24) is 39.9 Å². The van der Waals surface area contributed by atoms with Gasteiger partial charge in [0.05, 0.1) is 0 Å². The molecule has 4 aromatic heterocycles. The summed E-state index contributed by atoms with van der Waals surface area (Å²) in [6.07, 6.45) is 5.46. The average Bonchev–Trinajstić information content (AvgIpc) is 2.75. The molecule has 34 heavy (non-hydrogen) atoms. The van der Waals surface area contributed by atoms with Gasteiger partial charge in [0.2, 0.25) is 0 Å². The molecule has 0 aliphatic rings. The molecule has 0 bridgehead atoms. The Balaban J connectivity index is 0.000000227. The molecule has 180 valence electrons. The molecule has 0 aliphatic heterocycles. The summed E-state index contributed by atoms with van der Waals surface area (Å²) >= 11 is 0. The van der Waals surface area contributed by atoms with Crippen LogP contribution in [0, 0.1) is 13.8 Å². The Morgan fingerprint density at radius 3 is 1.79 bits per heavy atom. The third-order valence-electron chi connectivity index (χ3n) is 3.43. The van der Waals surface area contributed by atoms with Crippen LogP contribution in [0.2, 0.25) is 0 Å². The number of aromatic amines is 6. The van der Waals surface area contributed by atoms with E-state index >= 15 is 0 Å². The lowest BCUT2D eigenvalue weighted by atomic mass is 10.4. The Hall–Kier alpha value is -5.28. The molecule has 4 aromatic rings. The Kier molecular flexibility index (Phi) is 10.4. The minimum atomic E-state index is -0.475. The van der Waals surface area contributed by atoms with Crippen LogP contribution in [0.4, 0.5) is 11.6 Å². The zero-order valence-corrected chi connectivity index (χ0v) is 18.0. The van der Waals surface area contributed by atoms with E-state index in [1.54, 1.807) is 13.8 Å². The van der Waals surface area contributed by atoms with E-state index in [-0.39, 0.29) is 11.1 Å². The van der Waals surface area contributed by atoms with Crippen LogP contribution in [0.25, 0.3) is 0 Å². The second kappa shape index (κ2) is 13.2. The summed E-state index contributed by atoms with van der Waals surface area (Å²) in [6, 6.07) is 2.75. The van der Waals surface area contributed by atoms with Gasteiger partial charge >= 0.3 is 22.8 Å². The summed E-state index contributed by atoms with van der Waals surface area (Å²) in [6.45, 7) is 3.40. The number of nitrogens with one attached hydrogen (secondary N) is 6. The van der Waals surface area contributed by atoms with Gasteiger partial charge in [0.15, 0.2) is 0 Å². The average molecular weight is 474 g/mol. The molecule has 16 heteroatoms. The molecule has 0 radical (unpaired) electrons. The molecule has 0 spiro atoms. The topological polar surface area (TPSA) is 275 Å². The highest BCUT2D eigenvalue weighted by molar-refractivity contribution is 5.34. The molecule has 0 fully saturated rings. The van der Waals surface area contributed by atoms with Gasteiger partial charge in [-0.3, -0.25) is 29.5 Å². The summed E-state index contributed by atoms with van der Waals surface area (Å²) in [5, 5.41) is 0. The summed E-state index contributed by atoms with van der Waals surface area (Å²) in [5.74, 6) is 0.722. The van der Waals surface area contributed by atoms with Crippen molar-refractivity contribution in [2.45, 2.75) is 13.8 Å². The maximum absolute atomic E-state index is 10.6. The highest BCUT2D eigenvalue weighted by Gasteiger charge is 1.91. The van der Waals surface area contributed by atoms with Gasteiger partial charge in [0, 0.05) is 42.0 Å². The largest absolute Gasteiger partial charge is 0.385 e. The van der Waals surface area contributed by atoms with Crippen LogP contribution < -0.4 is 45.3 Å². The van der Waals surface area contributed by atoms with Crippen LogP contribution in [0.1, 0.15) is 11.1 Å². The Morgan fingerprint density at radius 1 is 0.735 bits per heavy atom. The van der Waals surface area contributed by atoms with Gasteiger partial charge in [0.1, 0.15) is 11.6 Å². The zero-order chi connectivity index (χ0) is 25.7. The molecular formula is C18H22N10O6. The van der Waals surface area contributed by atoms with Crippen LogP contribution in [0.5, 0.6) is 0 Å². The van der Waals surface area contributed by atoms with Crippen molar-refractivity contribution >= 4 is 11.6 Å². The second-order valence-electron chi connectivity index (χ2n) is 6.17. The number of nitrogens with two attached hydrogens (primary N) is 2. The normalized spacial score (nSPS) is 9.24. The van der Waals surface area contributed by atoms with Gasteiger partial charge in [-0.25, -0.2) is 29.1 Å². The fourth-order valence-corrected chi connectivity index (χ4v) is 1.71. The first-order valence-electron chi connectivity index (χ1n) is 9.16. The third kappa shape index (κ3) is 10.7. The third-order valence-corrected chi connectivity index (χ3v) is 3.43. The van der Waals surface area contributed by atoms with Crippen LogP contribution in [0.15, 0.2) is 65.7 Å². The van der Waals surface area contributed by atoms with Crippen LogP contribution >= 0.6 is 0 Å². The van der Waals surface area contributed by atoms with Gasteiger partial charge in [-0.05, 0) is 19.9 Å². The SMILES string of the molecule is Cc1c[nH]c(=O)[nH]c1=O.Cc1cnc(=O)[nH]c1N.Nc1ccnc(=O)[nH]1.O=c1cc[nH]c(=O)[nH]1. The summed E-state index contributed by atoms with van der Waals surface area (Å²) in [4.78, 5) is 82.0. The number of nitrogens with zero attached hydrogens (tertiary/aromatic N) is 2. The number of hydrogen-bond donors (Lipinski definition) is 8. The van der Waals surface area contributed by atoms with Crippen LogP contribution in [-0.2, 0) is 0 Å². The van der Waals surface area contributed by atoms with Crippen molar-refractivity contribution in [2.75, 3.05) is 11.5 Å². The maximum atomic E-state index is 10.6. The molecule has 0 saturated heterocycles. The van der Waals surface area contributed by atoms with Crippen LogP contribution in [0.3, 0.4) is 0 Å². The van der Waals surface area contributed by atoms with Crippen molar-refractivity contribution in [3.63, 3.8) is 0 Å². The minimum absolute atomic E-state index is 0.334. The highest BCUT2D eigenvalue weighted by atomic mass is 16.2.